The fraction of sp³-hybridized carbons (Fsp3) is 0.947. The van der Waals surface area contributed by atoms with Crippen molar-refractivity contribution in [1.29, 1.82) is 0 Å². The molecule has 0 aromatic heterocycles. The van der Waals surface area contributed by atoms with Gasteiger partial charge in [-0.05, 0) is 39.3 Å². The molecule has 0 aliphatic carbocycles. The van der Waals surface area contributed by atoms with Crippen molar-refractivity contribution in [3.05, 3.63) is 0 Å². The van der Waals surface area contributed by atoms with Gasteiger partial charge in [0.05, 0.1) is 0 Å². The summed E-state index contributed by atoms with van der Waals surface area (Å²) >= 11 is 2.13. The highest BCUT2D eigenvalue weighted by atomic mass is 127. The lowest BCUT2D eigenvalue weighted by Gasteiger charge is -2.36. The summed E-state index contributed by atoms with van der Waals surface area (Å²) in [5.74, 6) is 3.09. The summed E-state index contributed by atoms with van der Waals surface area (Å²) in [7, 11) is 2.22. The van der Waals surface area contributed by atoms with E-state index in [1.165, 1.54) is 51.3 Å². The molecule has 0 spiro atoms. The van der Waals surface area contributed by atoms with Crippen molar-refractivity contribution < 1.29 is 0 Å². The largest absolute Gasteiger partial charge is 0.357 e. The van der Waals surface area contributed by atoms with Crippen LogP contribution in [0.1, 0.15) is 33.6 Å². The molecule has 2 saturated heterocycles. The van der Waals surface area contributed by atoms with Crippen molar-refractivity contribution in [1.82, 2.24) is 20.0 Å². The van der Waals surface area contributed by atoms with Crippen LogP contribution in [0.5, 0.6) is 0 Å². The molecule has 1 unspecified atom stereocenters. The van der Waals surface area contributed by atoms with Crippen LogP contribution < -0.4 is 5.32 Å². The lowest BCUT2D eigenvalue weighted by molar-refractivity contribution is 0.152. The van der Waals surface area contributed by atoms with Crippen molar-refractivity contribution in [2.24, 2.45) is 10.9 Å². The van der Waals surface area contributed by atoms with E-state index in [-0.39, 0.29) is 24.0 Å². The van der Waals surface area contributed by atoms with Gasteiger partial charge in [0.2, 0.25) is 0 Å². The minimum Gasteiger partial charge on any atom is -0.357 e. The van der Waals surface area contributed by atoms with E-state index in [4.69, 9.17) is 4.99 Å². The zero-order valence-corrected chi connectivity index (χ0v) is 20.4. The third kappa shape index (κ3) is 8.52. The molecule has 7 heteroatoms. The minimum absolute atomic E-state index is 0. The summed E-state index contributed by atoms with van der Waals surface area (Å²) < 4.78 is 0. The van der Waals surface area contributed by atoms with E-state index in [9.17, 15) is 0 Å². The van der Waals surface area contributed by atoms with Gasteiger partial charge < -0.3 is 20.0 Å². The second-order valence-corrected chi connectivity index (χ2v) is 9.03. The Balaban J connectivity index is 0.00000338. The number of halogens is 1. The molecular weight excluding hydrogens is 457 g/mol. The summed E-state index contributed by atoms with van der Waals surface area (Å²) in [6.45, 7) is 17.1. The van der Waals surface area contributed by atoms with Gasteiger partial charge in [-0.1, -0.05) is 13.8 Å². The smallest absolute Gasteiger partial charge is 0.193 e. The van der Waals surface area contributed by atoms with Crippen LogP contribution in [0.25, 0.3) is 0 Å². The molecule has 0 aromatic carbocycles. The summed E-state index contributed by atoms with van der Waals surface area (Å²) in [5.41, 5.74) is 0. The molecule has 2 heterocycles. The number of rotatable bonds is 7. The maximum Gasteiger partial charge on any atom is 0.193 e. The molecule has 2 rings (SSSR count). The molecule has 2 fully saturated rings. The van der Waals surface area contributed by atoms with Gasteiger partial charge in [-0.3, -0.25) is 4.99 Å². The van der Waals surface area contributed by atoms with Gasteiger partial charge in [0, 0.05) is 63.4 Å². The second kappa shape index (κ2) is 13.4. The molecule has 1 N–H and O–H groups in total. The van der Waals surface area contributed by atoms with E-state index in [2.05, 4.69) is 59.6 Å². The summed E-state index contributed by atoms with van der Waals surface area (Å²) in [4.78, 5) is 12.4. The molecule has 5 nitrogen and oxygen atoms in total. The maximum absolute atomic E-state index is 4.92. The molecule has 0 radical (unpaired) electrons. The Morgan fingerprint density at radius 2 is 1.88 bits per heavy atom. The summed E-state index contributed by atoms with van der Waals surface area (Å²) in [6, 6.07) is 0. The van der Waals surface area contributed by atoms with Gasteiger partial charge in [-0.25, -0.2) is 0 Å². The Hall–Kier alpha value is 0.270. The maximum atomic E-state index is 4.92. The minimum atomic E-state index is 0. The van der Waals surface area contributed by atoms with Gasteiger partial charge in [-0.15, -0.1) is 24.0 Å². The zero-order chi connectivity index (χ0) is 18.1. The number of hydrogen-bond acceptors (Lipinski definition) is 4. The number of nitrogens with one attached hydrogen (secondary N) is 1. The van der Waals surface area contributed by atoms with E-state index in [1.54, 1.807) is 0 Å². The first-order valence-electron chi connectivity index (χ1n) is 10.2. The van der Waals surface area contributed by atoms with Crippen molar-refractivity contribution in [2.45, 2.75) is 38.9 Å². The van der Waals surface area contributed by atoms with Crippen LogP contribution in [0.3, 0.4) is 0 Å². The van der Waals surface area contributed by atoms with E-state index in [0.29, 0.717) is 0 Å². The lowest BCUT2D eigenvalue weighted by Crippen LogP contribution is -2.49. The highest BCUT2D eigenvalue weighted by Gasteiger charge is 2.24. The van der Waals surface area contributed by atoms with Crippen LogP contribution in [0.2, 0.25) is 0 Å². The van der Waals surface area contributed by atoms with Gasteiger partial charge in [0.15, 0.2) is 5.96 Å². The number of unbranched alkanes of at least 4 members (excludes halogenated alkanes) is 1. The highest BCUT2D eigenvalue weighted by molar-refractivity contribution is 14.0. The number of hydrogen-bond donors (Lipinski definition) is 1. The fourth-order valence-electron chi connectivity index (χ4n) is 3.40. The Morgan fingerprint density at radius 3 is 2.54 bits per heavy atom. The number of thioether (sulfide) groups is 1. The van der Waals surface area contributed by atoms with Crippen molar-refractivity contribution >= 4 is 41.7 Å². The van der Waals surface area contributed by atoms with Gasteiger partial charge in [0.25, 0.3) is 0 Å². The highest BCUT2D eigenvalue weighted by Crippen LogP contribution is 2.24. The van der Waals surface area contributed by atoms with Gasteiger partial charge in [0.1, 0.15) is 0 Å². The van der Waals surface area contributed by atoms with Gasteiger partial charge >= 0.3 is 0 Å². The van der Waals surface area contributed by atoms with E-state index in [0.717, 1.165) is 43.3 Å². The predicted octanol–water partition coefficient (Wildman–Crippen LogP) is 2.67. The molecule has 1 atom stereocenters. The summed E-state index contributed by atoms with van der Waals surface area (Å²) in [6.07, 6.45) is 2.45. The Labute approximate surface area is 182 Å². The molecule has 0 saturated carbocycles. The molecular formula is C19H40IN5S. The molecule has 154 valence electrons. The molecule has 2 aliphatic heterocycles. The monoisotopic (exact) mass is 497 g/mol. The number of piperazine rings is 1. The third-order valence-corrected chi connectivity index (χ3v) is 6.75. The molecule has 26 heavy (non-hydrogen) atoms. The van der Waals surface area contributed by atoms with Crippen LogP contribution >= 0.6 is 35.7 Å². The number of likely N-dealkylation sites (N-methyl/N-ethyl adjacent to an activating group) is 1. The van der Waals surface area contributed by atoms with Crippen LogP contribution in [0.15, 0.2) is 4.99 Å². The van der Waals surface area contributed by atoms with E-state index < -0.39 is 0 Å². The van der Waals surface area contributed by atoms with Crippen LogP contribution in [-0.2, 0) is 0 Å². The lowest BCUT2D eigenvalue weighted by atomic mass is 10.1. The van der Waals surface area contributed by atoms with Crippen LogP contribution in [0, 0.1) is 5.92 Å². The quantitative estimate of drug-likeness (QED) is 0.253. The number of nitrogens with zero attached hydrogens (tertiary/aromatic N) is 4. The van der Waals surface area contributed by atoms with Crippen LogP contribution in [-0.4, -0.2) is 97.6 Å². The summed E-state index contributed by atoms with van der Waals surface area (Å²) in [5, 5.41) is 4.24. The average molecular weight is 498 g/mol. The molecule has 0 aromatic rings. The predicted molar refractivity (Wildman–Crippen MR) is 127 cm³/mol. The SMILES string of the molecule is CCNC(=NCCCCN1CCN(C)CC1)N1CCSC(C(C)C)C1.I. The first-order valence-corrected chi connectivity index (χ1v) is 11.2. The Morgan fingerprint density at radius 1 is 1.15 bits per heavy atom. The number of guanidine groups is 1. The standard InChI is InChI=1S/C19H39N5S.HI/c1-5-20-19(24-14-15-25-18(16-24)17(2)3)21-8-6-7-9-23-12-10-22(4)11-13-23;/h17-18H,5-16H2,1-4H3,(H,20,21);1H. The fourth-order valence-corrected chi connectivity index (χ4v) is 4.70. The van der Waals surface area contributed by atoms with Crippen LogP contribution in [0.4, 0.5) is 0 Å². The van der Waals surface area contributed by atoms with Gasteiger partial charge in [-0.2, -0.15) is 11.8 Å². The Kier molecular flexibility index (Phi) is 12.6. The van der Waals surface area contributed by atoms with Crippen molar-refractivity contribution in [2.75, 3.05) is 71.7 Å². The first-order chi connectivity index (χ1) is 12.1. The first kappa shape index (κ1) is 24.3. The second-order valence-electron chi connectivity index (χ2n) is 7.69. The average Bonchev–Trinajstić information content (AvgIpc) is 2.62. The van der Waals surface area contributed by atoms with E-state index >= 15 is 0 Å². The van der Waals surface area contributed by atoms with Crippen molar-refractivity contribution in [3.63, 3.8) is 0 Å². The molecule has 0 amide bonds. The Bertz CT molecular complexity index is 399. The number of aliphatic imine (C=N–C) groups is 1. The topological polar surface area (TPSA) is 34.1 Å². The zero-order valence-electron chi connectivity index (χ0n) is 17.2. The normalized spacial score (nSPS) is 23.2. The molecule has 2 aliphatic rings. The van der Waals surface area contributed by atoms with Crippen molar-refractivity contribution in [3.8, 4) is 0 Å². The molecule has 0 bridgehead atoms. The third-order valence-electron chi connectivity index (χ3n) is 5.21. The van der Waals surface area contributed by atoms with E-state index in [1.807, 2.05) is 0 Å².